The van der Waals surface area contributed by atoms with E-state index in [9.17, 15) is 35.5 Å². The van der Waals surface area contributed by atoms with Gasteiger partial charge in [0.05, 0.1) is 12.6 Å². The molecule has 3 aromatic rings. The van der Waals surface area contributed by atoms with Crippen LogP contribution in [0.4, 0.5) is 30.7 Å². The number of hydrogen-bond donors (Lipinski definition) is 0. The van der Waals surface area contributed by atoms with Crippen molar-refractivity contribution < 1.29 is 45.0 Å². The number of methoxy groups -OCH3 is 1. The molecule has 0 amide bonds. The molecule has 32 heavy (non-hydrogen) atoms. The highest BCUT2D eigenvalue weighted by Gasteiger charge is 2.48. The van der Waals surface area contributed by atoms with E-state index in [0.717, 1.165) is 25.3 Å². The molecule has 0 bridgehead atoms. The van der Waals surface area contributed by atoms with Crippen LogP contribution in [0.25, 0.3) is 10.9 Å². The summed E-state index contributed by atoms with van der Waals surface area (Å²) in [5, 5.41) is 0.172. The van der Waals surface area contributed by atoms with E-state index in [0.29, 0.717) is 12.8 Å². The van der Waals surface area contributed by atoms with Crippen LogP contribution in [0.5, 0.6) is 11.6 Å². The van der Waals surface area contributed by atoms with E-state index in [2.05, 4.69) is 9.72 Å². The summed E-state index contributed by atoms with van der Waals surface area (Å²) in [6.07, 6.45) is 0.786. The van der Waals surface area contributed by atoms with Crippen molar-refractivity contribution in [3.05, 3.63) is 64.5 Å². The van der Waals surface area contributed by atoms with Gasteiger partial charge < -0.3 is 9.47 Å². The predicted molar refractivity (Wildman–Crippen MR) is 96.1 cm³/mol. The summed E-state index contributed by atoms with van der Waals surface area (Å²) in [6, 6.07) is 4.60. The second-order valence-corrected chi connectivity index (χ2v) is 7.14. The molecule has 1 aliphatic carbocycles. The zero-order chi connectivity index (χ0) is 23.4. The van der Waals surface area contributed by atoms with Gasteiger partial charge in [0.1, 0.15) is 5.56 Å². The summed E-state index contributed by atoms with van der Waals surface area (Å²) < 4.78 is 106. The van der Waals surface area contributed by atoms with Gasteiger partial charge in [-0.2, -0.15) is 8.78 Å². The number of nitrogens with zero attached hydrogens (tertiary/aromatic N) is 1. The summed E-state index contributed by atoms with van der Waals surface area (Å²) >= 11 is 0. The minimum absolute atomic E-state index is 0.0347. The number of fused-ring (bicyclic) bond motifs is 1. The molecule has 1 fully saturated rings. The summed E-state index contributed by atoms with van der Waals surface area (Å²) in [7, 11) is 1.08. The number of pyridine rings is 1. The topological polar surface area (TPSA) is 48.4 Å². The van der Waals surface area contributed by atoms with Crippen molar-refractivity contribution in [1.29, 1.82) is 0 Å². The van der Waals surface area contributed by atoms with Crippen LogP contribution >= 0.6 is 0 Å². The number of benzene rings is 2. The molecule has 4 nitrogen and oxygen atoms in total. The van der Waals surface area contributed by atoms with Crippen molar-refractivity contribution in [3.63, 3.8) is 0 Å². The fourth-order valence-corrected chi connectivity index (χ4v) is 3.16. The molecule has 2 aromatic carbocycles. The second kappa shape index (κ2) is 7.64. The zero-order valence-electron chi connectivity index (χ0n) is 16.1. The smallest absolute Gasteiger partial charge is 0.349 e. The van der Waals surface area contributed by atoms with Gasteiger partial charge in [-0.3, -0.25) is 0 Å². The highest BCUT2D eigenvalue weighted by molar-refractivity contribution is 5.97. The maximum absolute atomic E-state index is 14.4. The Hall–Kier alpha value is -3.37. The van der Waals surface area contributed by atoms with Gasteiger partial charge in [-0.05, 0) is 25.0 Å². The minimum atomic E-state index is -3.06. The summed E-state index contributed by atoms with van der Waals surface area (Å²) in [5.74, 6) is -19.3. The average Bonchev–Trinajstić information content (AvgIpc) is 3.64. The van der Waals surface area contributed by atoms with Crippen LogP contribution in [0.3, 0.4) is 0 Å². The molecule has 1 aliphatic rings. The first kappa shape index (κ1) is 21.8. The average molecular weight is 459 g/mol. The van der Waals surface area contributed by atoms with Gasteiger partial charge in [-0.25, -0.2) is 31.7 Å². The normalized spacial score (nSPS) is 14.0. The van der Waals surface area contributed by atoms with Gasteiger partial charge in [0.2, 0.25) is 40.7 Å². The lowest BCUT2D eigenvalue weighted by molar-refractivity contribution is -0.0284. The highest BCUT2D eigenvalue weighted by Crippen LogP contribution is 2.50. The second-order valence-electron chi connectivity index (χ2n) is 7.14. The van der Waals surface area contributed by atoms with E-state index in [4.69, 9.17) is 4.74 Å². The molecule has 168 valence electrons. The van der Waals surface area contributed by atoms with Gasteiger partial charge in [0.15, 0.2) is 0 Å². The van der Waals surface area contributed by atoms with Gasteiger partial charge in [-0.1, -0.05) is 12.1 Å². The van der Waals surface area contributed by atoms with Crippen LogP contribution in [-0.2, 0) is 5.92 Å². The van der Waals surface area contributed by atoms with Crippen molar-refractivity contribution in [3.8, 4) is 11.6 Å². The van der Waals surface area contributed by atoms with E-state index < -0.39 is 64.1 Å². The molecule has 1 heterocycles. The summed E-state index contributed by atoms with van der Waals surface area (Å²) in [5.41, 5.74) is -0.767. The van der Waals surface area contributed by atoms with Gasteiger partial charge in [0.25, 0.3) is 5.92 Å². The number of aromatic nitrogens is 1. The van der Waals surface area contributed by atoms with E-state index in [1.54, 1.807) is 0 Å². The van der Waals surface area contributed by atoms with Crippen molar-refractivity contribution in [1.82, 2.24) is 4.98 Å². The third kappa shape index (κ3) is 3.51. The van der Waals surface area contributed by atoms with Gasteiger partial charge in [-0.15, -0.1) is 0 Å². The Balaban J connectivity index is 1.74. The molecule has 1 aromatic heterocycles. The Kier molecular flexibility index (Phi) is 5.22. The molecule has 0 N–H and O–H groups in total. The van der Waals surface area contributed by atoms with E-state index >= 15 is 0 Å². The lowest BCUT2D eigenvalue weighted by atomic mass is 10.0. The molecular weight excluding hydrogens is 447 g/mol. The Morgan fingerprint density at radius 3 is 2.12 bits per heavy atom. The maximum atomic E-state index is 14.4. The molecule has 0 unspecified atom stereocenters. The van der Waals surface area contributed by atoms with Crippen molar-refractivity contribution in [2.24, 2.45) is 5.92 Å². The SMILES string of the molecule is COc1nc2cc(C(F)(F)C3CC3)ccc2cc1C(=O)Oc1c(F)c(F)c(F)c(F)c1F. The number of carbonyl (C=O) groups excluding carboxylic acids is 1. The van der Waals surface area contributed by atoms with Crippen molar-refractivity contribution in [2.45, 2.75) is 18.8 Å². The van der Waals surface area contributed by atoms with Crippen LogP contribution in [-0.4, -0.2) is 18.1 Å². The quantitative estimate of drug-likeness (QED) is 0.163. The molecule has 0 atom stereocenters. The van der Waals surface area contributed by atoms with E-state index in [-0.39, 0.29) is 16.5 Å². The largest absolute Gasteiger partial charge is 0.480 e. The van der Waals surface area contributed by atoms with Crippen molar-refractivity contribution >= 4 is 16.9 Å². The number of esters is 1. The molecular formula is C21H12F7NO3. The van der Waals surface area contributed by atoms with Crippen LogP contribution in [0, 0.1) is 35.0 Å². The van der Waals surface area contributed by atoms with Crippen LogP contribution < -0.4 is 9.47 Å². The van der Waals surface area contributed by atoms with Crippen LogP contribution in [0.1, 0.15) is 28.8 Å². The van der Waals surface area contributed by atoms with Crippen molar-refractivity contribution in [2.75, 3.05) is 7.11 Å². The maximum Gasteiger partial charge on any atom is 0.349 e. The Labute approximate surface area is 175 Å². The first-order chi connectivity index (χ1) is 15.1. The summed E-state index contributed by atoms with van der Waals surface area (Å²) in [4.78, 5) is 16.4. The Morgan fingerprint density at radius 2 is 1.56 bits per heavy atom. The summed E-state index contributed by atoms with van der Waals surface area (Å²) in [6.45, 7) is 0. The van der Waals surface area contributed by atoms with Crippen LogP contribution in [0.15, 0.2) is 24.3 Å². The molecule has 1 saturated carbocycles. The third-order valence-corrected chi connectivity index (χ3v) is 5.04. The number of halogens is 7. The standard InChI is InChI=1S/C21H12F7NO3/c1-31-19-11(20(30)32-18-16(25)14(23)13(22)15(24)17(18)26)6-8-2-3-10(7-12(8)29-19)21(27,28)9-4-5-9/h2-3,6-7,9H,4-5H2,1H3. The monoisotopic (exact) mass is 459 g/mol. The van der Waals surface area contributed by atoms with Gasteiger partial charge in [0, 0.05) is 16.9 Å². The Bertz CT molecular complexity index is 1230. The molecule has 0 saturated heterocycles. The number of ether oxygens (including phenoxy) is 2. The zero-order valence-corrected chi connectivity index (χ0v) is 16.1. The van der Waals surface area contributed by atoms with E-state index in [1.807, 2.05) is 0 Å². The minimum Gasteiger partial charge on any atom is -0.480 e. The van der Waals surface area contributed by atoms with Gasteiger partial charge >= 0.3 is 5.97 Å². The molecule has 11 heteroatoms. The number of alkyl halides is 2. The molecule has 0 radical (unpaired) electrons. The fourth-order valence-electron chi connectivity index (χ4n) is 3.16. The highest BCUT2D eigenvalue weighted by atomic mass is 19.3. The number of rotatable bonds is 5. The lowest BCUT2D eigenvalue weighted by Gasteiger charge is -2.17. The molecule has 4 rings (SSSR count). The Morgan fingerprint density at radius 1 is 0.969 bits per heavy atom. The molecule has 0 spiro atoms. The third-order valence-electron chi connectivity index (χ3n) is 5.04. The first-order valence-electron chi connectivity index (χ1n) is 9.17. The predicted octanol–water partition coefficient (Wildman–Crippen LogP) is 5.66. The van der Waals surface area contributed by atoms with Crippen LogP contribution in [0.2, 0.25) is 0 Å². The number of carbonyl (C=O) groups is 1. The fraction of sp³-hybridized carbons (Fsp3) is 0.238. The number of hydrogen-bond acceptors (Lipinski definition) is 4. The lowest BCUT2D eigenvalue weighted by Crippen LogP contribution is -2.16. The molecule has 0 aliphatic heterocycles. The first-order valence-corrected chi connectivity index (χ1v) is 9.17. The van der Waals surface area contributed by atoms with E-state index in [1.165, 1.54) is 6.07 Å².